The summed E-state index contributed by atoms with van der Waals surface area (Å²) in [4.78, 5) is 18.5. The van der Waals surface area contributed by atoms with Crippen LogP contribution in [-0.4, -0.2) is 34.9 Å². The van der Waals surface area contributed by atoms with Gasteiger partial charge in [-0.15, -0.1) is 0 Å². The maximum absolute atomic E-state index is 12.5. The van der Waals surface area contributed by atoms with Crippen LogP contribution in [0.3, 0.4) is 0 Å². The molecule has 1 amide bonds. The number of nitrogens with one attached hydrogen (secondary N) is 1. The molecule has 0 aliphatic carbocycles. The second kappa shape index (κ2) is 6.79. The summed E-state index contributed by atoms with van der Waals surface area (Å²) in [6.45, 7) is 1.47. The fourth-order valence-corrected chi connectivity index (χ4v) is 2.83. The first-order valence-electron chi connectivity index (χ1n) is 7.45. The van der Waals surface area contributed by atoms with Gasteiger partial charge in [0.1, 0.15) is 5.69 Å². The molecular weight excluding hydrogens is 298 g/mol. The molecule has 114 valence electrons. The van der Waals surface area contributed by atoms with Crippen molar-refractivity contribution in [3.63, 3.8) is 0 Å². The quantitative estimate of drug-likeness (QED) is 0.943. The van der Waals surface area contributed by atoms with Gasteiger partial charge in [0.25, 0.3) is 5.91 Å². The van der Waals surface area contributed by atoms with E-state index in [2.05, 4.69) is 10.3 Å². The van der Waals surface area contributed by atoms with Gasteiger partial charge in [0.2, 0.25) is 0 Å². The molecule has 0 bridgehead atoms. The van der Waals surface area contributed by atoms with E-state index in [0.717, 1.165) is 25.1 Å². The summed E-state index contributed by atoms with van der Waals surface area (Å²) >= 11 is 5.82. The molecule has 3 rings (SSSR count). The number of halogens is 1. The lowest BCUT2D eigenvalue weighted by Crippen LogP contribution is -2.45. The predicted molar refractivity (Wildman–Crippen MR) is 88.2 cm³/mol. The molecule has 1 atom stereocenters. The Morgan fingerprint density at radius 1 is 1.23 bits per heavy atom. The first-order chi connectivity index (χ1) is 10.7. The highest BCUT2D eigenvalue weighted by molar-refractivity contribution is 6.30. The maximum atomic E-state index is 12.5. The van der Waals surface area contributed by atoms with Gasteiger partial charge < -0.3 is 10.2 Å². The van der Waals surface area contributed by atoms with Crippen LogP contribution in [0.2, 0.25) is 5.02 Å². The molecule has 0 unspecified atom stereocenters. The first kappa shape index (κ1) is 14.9. The molecule has 1 fully saturated rings. The Labute approximate surface area is 135 Å². The molecule has 2 aromatic rings. The van der Waals surface area contributed by atoms with Crippen LogP contribution in [0.15, 0.2) is 48.7 Å². The molecule has 0 spiro atoms. The van der Waals surface area contributed by atoms with Crippen LogP contribution in [0.5, 0.6) is 0 Å². The topological polar surface area (TPSA) is 45.2 Å². The molecule has 1 aromatic carbocycles. The smallest absolute Gasteiger partial charge is 0.272 e. The minimum absolute atomic E-state index is 0.0313. The number of pyridine rings is 1. The first-order valence-corrected chi connectivity index (χ1v) is 7.82. The lowest BCUT2D eigenvalue weighted by molar-refractivity contribution is 0.0709. The third-order valence-electron chi connectivity index (χ3n) is 3.80. The molecule has 4 nitrogen and oxygen atoms in total. The molecule has 1 N–H and O–H groups in total. The van der Waals surface area contributed by atoms with Gasteiger partial charge in [-0.3, -0.25) is 4.79 Å². The number of anilines is 1. The van der Waals surface area contributed by atoms with Crippen LogP contribution in [0.25, 0.3) is 0 Å². The van der Waals surface area contributed by atoms with E-state index in [1.165, 1.54) is 6.20 Å². The number of carbonyl (C=O) groups excluding carboxylic acids is 1. The van der Waals surface area contributed by atoms with E-state index >= 15 is 0 Å². The minimum atomic E-state index is -0.0313. The average molecular weight is 316 g/mol. The number of para-hydroxylation sites is 1. The van der Waals surface area contributed by atoms with Gasteiger partial charge >= 0.3 is 0 Å². The highest BCUT2D eigenvalue weighted by atomic mass is 35.5. The molecular formula is C17H18ClN3O. The summed E-state index contributed by atoms with van der Waals surface area (Å²) in [5.41, 5.74) is 1.54. The van der Waals surface area contributed by atoms with Crippen molar-refractivity contribution in [1.29, 1.82) is 0 Å². The summed E-state index contributed by atoms with van der Waals surface area (Å²) in [5.74, 6) is -0.0313. The van der Waals surface area contributed by atoms with Crippen LogP contribution < -0.4 is 5.32 Å². The average Bonchev–Trinajstić information content (AvgIpc) is 2.56. The number of hydrogen-bond acceptors (Lipinski definition) is 3. The van der Waals surface area contributed by atoms with Gasteiger partial charge in [0.15, 0.2) is 0 Å². The molecule has 2 heterocycles. The van der Waals surface area contributed by atoms with Crippen LogP contribution in [-0.2, 0) is 0 Å². The van der Waals surface area contributed by atoms with E-state index in [9.17, 15) is 4.79 Å². The number of amides is 1. The van der Waals surface area contributed by atoms with Crippen molar-refractivity contribution in [2.75, 3.05) is 18.4 Å². The summed E-state index contributed by atoms with van der Waals surface area (Å²) in [6, 6.07) is 13.7. The number of likely N-dealkylation sites (tertiary alicyclic amines) is 1. The zero-order chi connectivity index (χ0) is 15.4. The van der Waals surface area contributed by atoms with Crippen LogP contribution in [0.4, 0.5) is 5.69 Å². The Balaban J connectivity index is 1.65. The van der Waals surface area contributed by atoms with Crippen molar-refractivity contribution < 1.29 is 4.79 Å². The van der Waals surface area contributed by atoms with E-state index in [1.807, 2.05) is 35.2 Å². The fourth-order valence-electron chi connectivity index (χ4n) is 2.71. The van der Waals surface area contributed by atoms with Crippen molar-refractivity contribution in [3.8, 4) is 0 Å². The molecule has 22 heavy (non-hydrogen) atoms. The van der Waals surface area contributed by atoms with E-state index in [0.29, 0.717) is 17.3 Å². The Kier molecular flexibility index (Phi) is 4.59. The van der Waals surface area contributed by atoms with Crippen LogP contribution in [0, 0.1) is 0 Å². The number of piperidine rings is 1. The van der Waals surface area contributed by atoms with Crippen LogP contribution >= 0.6 is 11.6 Å². The Bertz CT molecular complexity index is 630. The van der Waals surface area contributed by atoms with E-state index in [-0.39, 0.29) is 11.9 Å². The minimum Gasteiger partial charge on any atom is -0.381 e. The zero-order valence-electron chi connectivity index (χ0n) is 12.2. The van der Waals surface area contributed by atoms with Crippen molar-refractivity contribution in [1.82, 2.24) is 9.88 Å². The van der Waals surface area contributed by atoms with Gasteiger partial charge in [-0.25, -0.2) is 4.98 Å². The number of benzene rings is 1. The Morgan fingerprint density at radius 2 is 2.05 bits per heavy atom. The predicted octanol–water partition coefficient (Wildman–Crippen LogP) is 3.45. The van der Waals surface area contributed by atoms with E-state index < -0.39 is 0 Å². The standard InChI is InChI=1S/C17H18ClN3O/c18-13-8-9-16(19-11-13)17(22)21-10-4-7-15(12-21)20-14-5-2-1-3-6-14/h1-3,5-6,8-9,11,15,20H,4,7,10,12H2/t15-/m0/s1. The van der Waals surface area contributed by atoms with Crippen molar-refractivity contribution in [2.45, 2.75) is 18.9 Å². The van der Waals surface area contributed by atoms with Gasteiger partial charge in [-0.05, 0) is 37.1 Å². The van der Waals surface area contributed by atoms with Gasteiger partial charge in [0, 0.05) is 31.0 Å². The monoisotopic (exact) mass is 315 g/mol. The number of carbonyl (C=O) groups is 1. The number of aromatic nitrogens is 1. The lowest BCUT2D eigenvalue weighted by Gasteiger charge is -2.33. The maximum Gasteiger partial charge on any atom is 0.272 e. The fraction of sp³-hybridized carbons (Fsp3) is 0.294. The van der Waals surface area contributed by atoms with E-state index in [4.69, 9.17) is 11.6 Å². The molecule has 5 heteroatoms. The largest absolute Gasteiger partial charge is 0.381 e. The zero-order valence-corrected chi connectivity index (χ0v) is 13.0. The van der Waals surface area contributed by atoms with Gasteiger partial charge in [-0.1, -0.05) is 29.8 Å². The second-order valence-corrected chi connectivity index (χ2v) is 5.90. The molecule has 0 saturated carbocycles. The number of hydrogen-bond donors (Lipinski definition) is 1. The Hall–Kier alpha value is -2.07. The highest BCUT2D eigenvalue weighted by Gasteiger charge is 2.25. The van der Waals surface area contributed by atoms with Crippen molar-refractivity contribution >= 4 is 23.2 Å². The third-order valence-corrected chi connectivity index (χ3v) is 4.02. The van der Waals surface area contributed by atoms with Crippen molar-refractivity contribution in [3.05, 3.63) is 59.4 Å². The second-order valence-electron chi connectivity index (χ2n) is 5.46. The summed E-state index contributed by atoms with van der Waals surface area (Å²) < 4.78 is 0. The molecule has 0 radical (unpaired) electrons. The number of rotatable bonds is 3. The lowest BCUT2D eigenvalue weighted by atomic mass is 10.0. The number of nitrogens with zero attached hydrogens (tertiary/aromatic N) is 2. The van der Waals surface area contributed by atoms with Crippen molar-refractivity contribution in [2.24, 2.45) is 0 Å². The molecule has 1 aliphatic rings. The normalized spacial score (nSPS) is 18.0. The van der Waals surface area contributed by atoms with E-state index in [1.54, 1.807) is 12.1 Å². The van der Waals surface area contributed by atoms with Gasteiger partial charge in [0.05, 0.1) is 5.02 Å². The summed E-state index contributed by atoms with van der Waals surface area (Å²) in [6.07, 6.45) is 3.56. The third kappa shape index (κ3) is 3.57. The molecule has 1 aromatic heterocycles. The SMILES string of the molecule is O=C(c1ccc(Cl)cn1)N1CCC[C@H](Nc2ccccc2)C1. The summed E-state index contributed by atoms with van der Waals surface area (Å²) in [7, 11) is 0. The summed E-state index contributed by atoms with van der Waals surface area (Å²) in [5, 5.41) is 4.03. The highest BCUT2D eigenvalue weighted by Crippen LogP contribution is 2.18. The molecule has 1 aliphatic heterocycles. The van der Waals surface area contributed by atoms with Gasteiger partial charge in [-0.2, -0.15) is 0 Å². The molecule has 1 saturated heterocycles. The Morgan fingerprint density at radius 3 is 2.77 bits per heavy atom. The van der Waals surface area contributed by atoms with Crippen LogP contribution in [0.1, 0.15) is 23.3 Å².